The third-order valence-electron chi connectivity index (χ3n) is 2.26. The second-order valence-corrected chi connectivity index (χ2v) is 5.51. The van der Waals surface area contributed by atoms with Gasteiger partial charge in [-0.1, -0.05) is 18.2 Å². The number of rotatable bonds is 5. The SMILES string of the molecule is CCOC(=O)CN(C(C)=O)S(=O)(=O)c1ccccc1. The summed E-state index contributed by atoms with van der Waals surface area (Å²) in [7, 11) is -4.03. The van der Waals surface area contributed by atoms with E-state index in [4.69, 9.17) is 0 Å². The highest BCUT2D eigenvalue weighted by molar-refractivity contribution is 7.89. The predicted molar refractivity (Wildman–Crippen MR) is 67.6 cm³/mol. The molecule has 0 bridgehead atoms. The van der Waals surface area contributed by atoms with E-state index in [1.54, 1.807) is 13.0 Å². The van der Waals surface area contributed by atoms with E-state index in [2.05, 4.69) is 4.74 Å². The van der Waals surface area contributed by atoms with Crippen molar-refractivity contribution in [1.82, 2.24) is 4.31 Å². The molecular formula is C12H15NO5S. The van der Waals surface area contributed by atoms with Crippen LogP contribution in [0.1, 0.15) is 13.8 Å². The number of benzene rings is 1. The Morgan fingerprint density at radius 3 is 2.26 bits per heavy atom. The molecule has 0 saturated carbocycles. The van der Waals surface area contributed by atoms with Gasteiger partial charge in [-0.15, -0.1) is 0 Å². The zero-order chi connectivity index (χ0) is 14.5. The number of amides is 1. The first-order valence-corrected chi connectivity index (χ1v) is 7.07. The van der Waals surface area contributed by atoms with Crippen molar-refractivity contribution in [2.75, 3.05) is 13.2 Å². The fourth-order valence-corrected chi connectivity index (χ4v) is 2.78. The zero-order valence-electron chi connectivity index (χ0n) is 10.7. The fraction of sp³-hybridized carbons (Fsp3) is 0.333. The van der Waals surface area contributed by atoms with Gasteiger partial charge in [0.15, 0.2) is 0 Å². The quantitative estimate of drug-likeness (QED) is 0.747. The summed E-state index contributed by atoms with van der Waals surface area (Å²) in [5, 5.41) is 0. The van der Waals surface area contributed by atoms with E-state index < -0.39 is 28.4 Å². The van der Waals surface area contributed by atoms with E-state index in [0.717, 1.165) is 6.92 Å². The summed E-state index contributed by atoms with van der Waals surface area (Å²) in [5.74, 6) is -1.51. The monoisotopic (exact) mass is 285 g/mol. The summed E-state index contributed by atoms with van der Waals surface area (Å²) in [5.41, 5.74) is 0. The van der Waals surface area contributed by atoms with E-state index in [1.165, 1.54) is 24.3 Å². The molecule has 1 rings (SSSR count). The van der Waals surface area contributed by atoms with Gasteiger partial charge in [0.25, 0.3) is 10.0 Å². The van der Waals surface area contributed by atoms with Gasteiger partial charge in [0.1, 0.15) is 6.54 Å². The first kappa shape index (κ1) is 15.2. The Morgan fingerprint density at radius 2 is 1.79 bits per heavy atom. The molecule has 0 N–H and O–H groups in total. The van der Waals surface area contributed by atoms with Crippen LogP contribution in [0.15, 0.2) is 35.2 Å². The Labute approximate surface area is 112 Å². The molecule has 104 valence electrons. The van der Waals surface area contributed by atoms with Crippen LogP contribution >= 0.6 is 0 Å². The molecular weight excluding hydrogens is 270 g/mol. The summed E-state index contributed by atoms with van der Waals surface area (Å²) < 4.78 is 29.6. The summed E-state index contributed by atoms with van der Waals surface area (Å²) >= 11 is 0. The Kier molecular flexibility index (Phi) is 5.05. The summed E-state index contributed by atoms with van der Waals surface area (Å²) in [6, 6.07) is 7.44. The number of nitrogens with zero attached hydrogens (tertiary/aromatic N) is 1. The van der Waals surface area contributed by atoms with Gasteiger partial charge in [0.05, 0.1) is 11.5 Å². The number of ether oxygens (including phenoxy) is 1. The lowest BCUT2D eigenvalue weighted by Gasteiger charge is -2.19. The van der Waals surface area contributed by atoms with E-state index in [9.17, 15) is 18.0 Å². The topological polar surface area (TPSA) is 80.8 Å². The molecule has 19 heavy (non-hydrogen) atoms. The molecule has 1 aromatic carbocycles. The third-order valence-corrected chi connectivity index (χ3v) is 4.09. The second kappa shape index (κ2) is 6.33. The van der Waals surface area contributed by atoms with Crippen molar-refractivity contribution in [3.05, 3.63) is 30.3 Å². The maximum atomic E-state index is 12.2. The van der Waals surface area contributed by atoms with Gasteiger partial charge < -0.3 is 4.74 Å². The van der Waals surface area contributed by atoms with Crippen LogP contribution in [0, 0.1) is 0 Å². The van der Waals surface area contributed by atoms with Crippen LogP contribution in [0.4, 0.5) is 0 Å². The number of carbonyl (C=O) groups excluding carboxylic acids is 2. The minimum atomic E-state index is -4.03. The van der Waals surface area contributed by atoms with Crippen molar-refractivity contribution >= 4 is 21.9 Å². The van der Waals surface area contributed by atoms with Crippen molar-refractivity contribution in [2.24, 2.45) is 0 Å². The lowest BCUT2D eigenvalue weighted by atomic mass is 10.4. The van der Waals surface area contributed by atoms with Crippen LogP contribution in [0.2, 0.25) is 0 Å². The standard InChI is InChI=1S/C12H15NO5S/c1-3-18-12(15)9-13(10(2)14)19(16,17)11-7-5-4-6-8-11/h4-8H,3,9H2,1-2H3. The van der Waals surface area contributed by atoms with E-state index in [0.29, 0.717) is 4.31 Å². The Balaban J connectivity index is 3.06. The number of hydrogen-bond donors (Lipinski definition) is 0. The molecule has 0 unspecified atom stereocenters. The highest BCUT2D eigenvalue weighted by atomic mass is 32.2. The average molecular weight is 285 g/mol. The largest absolute Gasteiger partial charge is 0.465 e. The minimum absolute atomic E-state index is 0.0468. The Hall–Kier alpha value is -1.89. The van der Waals surface area contributed by atoms with E-state index in [1.807, 2.05) is 0 Å². The van der Waals surface area contributed by atoms with Gasteiger partial charge in [0, 0.05) is 6.92 Å². The van der Waals surface area contributed by atoms with Gasteiger partial charge >= 0.3 is 5.97 Å². The second-order valence-electron chi connectivity index (χ2n) is 3.65. The highest BCUT2D eigenvalue weighted by Gasteiger charge is 2.29. The lowest BCUT2D eigenvalue weighted by Crippen LogP contribution is -2.39. The van der Waals surface area contributed by atoms with Gasteiger partial charge in [-0.05, 0) is 19.1 Å². The van der Waals surface area contributed by atoms with Crippen molar-refractivity contribution in [2.45, 2.75) is 18.7 Å². The van der Waals surface area contributed by atoms with Gasteiger partial charge in [0.2, 0.25) is 5.91 Å². The van der Waals surface area contributed by atoms with Crippen molar-refractivity contribution < 1.29 is 22.7 Å². The lowest BCUT2D eigenvalue weighted by molar-refractivity contribution is -0.145. The normalized spacial score (nSPS) is 10.8. The molecule has 0 fully saturated rings. The first-order valence-electron chi connectivity index (χ1n) is 5.63. The average Bonchev–Trinajstić information content (AvgIpc) is 2.37. The molecule has 0 spiro atoms. The molecule has 0 radical (unpaired) electrons. The van der Waals surface area contributed by atoms with Crippen LogP contribution < -0.4 is 0 Å². The predicted octanol–water partition coefficient (Wildman–Crippen LogP) is 0.787. The van der Waals surface area contributed by atoms with E-state index >= 15 is 0 Å². The van der Waals surface area contributed by atoms with Gasteiger partial charge in [-0.2, -0.15) is 0 Å². The molecule has 0 aliphatic heterocycles. The minimum Gasteiger partial charge on any atom is -0.465 e. The number of sulfonamides is 1. The smallest absolute Gasteiger partial charge is 0.326 e. The highest BCUT2D eigenvalue weighted by Crippen LogP contribution is 2.15. The van der Waals surface area contributed by atoms with Gasteiger partial charge in [-0.3, -0.25) is 9.59 Å². The summed E-state index contributed by atoms with van der Waals surface area (Å²) in [6.45, 7) is 2.18. The molecule has 0 aliphatic rings. The molecule has 0 aromatic heterocycles. The van der Waals surface area contributed by atoms with Crippen LogP contribution in [-0.2, 0) is 24.3 Å². The van der Waals surface area contributed by atoms with Crippen molar-refractivity contribution in [3.63, 3.8) is 0 Å². The molecule has 0 atom stereocenters. The fourth-order valence-electron chi connectivity index (χ4n) is 1.41. The number of hydrogen-bond acceptors (Lipinski definition) is 5. The Morgan fingerprint density at radius 1 is 1.21 bits per heavy atom. The van der Waals surface area contributed by atoms with Crippen LogP contribution in [0.3, 0.4) is 0 Å². The summed E-state index contributed by atoms with van der Waals surface area (Å²) in [4.78, 5) is 22.8. The number of esters is 1. The Bertz CT molecular complexity index is 553. The summed E-state index contributed by atoms with van der Waals surface area (Å²) in [6.07, 6.45) is 0. The zero-order valence-corrected chi connectivity index (χ0v) is 11.5. The molecule has 1 amide bonds. The van der Waals surface area contributed by atoms with Crippen LogP contribution in [0.25, 0.3) is 0 Å². The van der Waals surface area contributed by atoms with Crippen molar-refractivity contribution in [1.29, 1.82) is 0 Å². The maximum Gasteiger partial charge on any atom is 0.326 e. The van der Waals surface area contributed by atoms with E-state index in [-0.39, 0.29) is 11.5 Å². The van der Waals surface area contributed by atoms with Crippen LogP contribution in [-0.4, -0.2) is 37.8 Å². The molecule has 0 saturated heterocycles. The molecule has 0 heterocycles. The molecule has 0 aliphatic carbocycles. The molecule has 7 heteroatoms. The molecule has 1 aromatic rings. The maximum absolute atomic E-state index is 12.2. The van der Waals surface area contributed by atoms with Gasteiger partial charge in [-0.25, -0.2) is 12.7 Å². The molecule has 6 nitrogen and oxygen atoms in total. The third kappa shape index (κ3) is 3.78. The van der Waals surface area contributed by atoms with Crippen LogP contribution in [0.5, 0.6) is 0 Å². The number of carbonyl (C=O) groups is 2. The first-order chi connectivity index (χ1) is 8.89. The van der Waals surface area contributed by atoms with Crippen molar-refractivity contribution in [3.8, 4) is 0 Å².